The number of carbonyl (C=O) groups excluding carboxylic acids is 1. The smallest absolute Gasteiger partial charge is 0.220 e. The van der Waals surface area contributed by atoms with Gasteiger partial charge in [0.15, 0.2) is 0 Å². The highest BCUT2D eigenvalue weighted by atomic mass is 16.3. The van der Waals surface area contributed by atoms with Gasteiger partial charge in [0, 0.05) is 23.6 Å². The fraction of sp³-hybridized carbons (Fsp3) is 0.227. The van der Waals surface area contributed by atoms with Crippen molar-refractivity contribution in [1.29, 1.82) is 0 Å². The number of carbonyl (C=O) groups is 1. The number of phenolic OH excluding ortho intramolecular Hbond substituents is 1. The number of benzene rings is 2. The quantitative estimate of drug-likeness (QED) is 0.490. The number of aromatic amines is 1. The van der Waals surface area contributed by atoms with Crippen LogP contribution in [0.5, 0.6) is 5.75 Å². The molecule has 2 aromatic carbocycles. The van der Waals surface area contributed by atoms with Crippen LogP contribution in [0.15, 0.2) is 48.9 Å². The third kappa shape index (κ3) is 3.17. The normalized spacial score (nSPS) is 12.4. The summed E-state index contributed by atoms with van der Waals surface area (Å²) in [5.41, 5.74) is 4.74. The molecule has 6 nitrogen and oxygen atoms in total. The number of pyridine rings is 1. The van der Waals surface area contributed by atoms with Crippen LogP contribution in [0.2, 0.25) is 0 Å². The average molecular weight is 374 g/mol. The summed E-state index contributed by atoms with van der Waals surface area (Å²) in [6, 6.07) is 11.0. The van der Waals surface area contributed by atoms with Gasteiger partial charge in [-0.15, -0.1) is 0 Å². The first-order valence-corrected chi connectivity index (χ1v) is 9.38. The zero-order valence-corrected chi connectivity index (χ0v) is 15.9. The lowest BCUT2D eigenvalue weighted by molar-refractivity contribution is -0.121. The Morgan fingerprint density at radius 1 is 1.25 bits per heavy atom. The van der Waals surface area contributed by atoms with Crippen molar-refractivity contribution in [3.8, 4) is 5.75 Å². The van der Waals surface area contributed by atoms with E-state index in [0.717, 1.165) is 34.0 Å². The van der Waals surface area contributed by atoms with Gasteiger partial charge in [-0.3, -0.25) is 9.78 Å². The molecule has 2 aromatic heterocycles. The first-order chi connectivity index (χ1) is 13.6. The molecular formula is C22H22N4O2. The van der Waals surface area contributed by atoms with Crippen LogP contribution < -0.4 is 5.32 Å². The van der Waals surface area contributed by atoms with Gasteiger partial charge in [0.1, 0.15) is 11.3 Å². The van der Waals surface area contributed by atoms with Crippen LogP contribution in [0.1, 0.15) is 42.5 Å². The second-order valence-corrected chi connectivity index (χ2v) is 6.96. The van der Waals surface area contributed by atoms with Crippen molar-refractivity contribution in [3.05, 3.63) is 65.6 Å². The summed E-state index contributed by atoms with van der Waals surface area (Å²) < 4.78 is 0. The Bertz CT molecular complexity index is 1170. The standard InChI is InChI=1S/C22H22N4O2/c1-3-5-19(27)26-20(14-7-8-17-18(11-14)25-12-24-17)16-10-13(2)15-6-4-9-23-21(15)22(16)28/h4,6-12,20,28H,3,5H2,1-2H3,(H,24,25)(H,26,27). The summed E-state index contributed by atoms with van der Waals surface area (Å²) in [7, 11) is 0. The number of aromatic hydroxyl groups is 1. The fourth-order valence-corrected chi connectivity index (χ4v) is 3.58. The number of aromatic nitrogens is 3. The van der Waals surface area contributed by atoms with E-state index in [2.05, 4.69) is 20.3 Å². The molecule has 0 saturated carbocycles. The van der Waals surface area contributed by atoms with Crippen LogP contribution in [0.4, 0.5) is 0 Å². The number of phenols is 1. The average Bonchev–Trinajstić information content (AvgIpc) is 3.17. The van der Waals surface area contributed by atoms with Crippen molar-refractivity contribution < 1.29 is 9.90 Å². The Labute approximate surface area is 162 Å². The number of nitrogens with one attached hydrogen (secondary N) is 2. The van der Waals surface area contributed by atoms with Gasteiger partial charge in [0.25, 0.3) is 0 Å². The summed E-state index contributed by atoms with van der Waals surface area (Å²) in [5.74, 6) is 0.0259. The maximum atomic E-state index is 12.4. The van der Waals surface area contributed by atoms with Gasteiger partial charge in [-0.1, -0.05) is 19.1 Å². The lowest BCUT2D eigenvalue weighted by Crippen LogP contribution is -2.29. The van der Waals surface area contributed by atoms with Crippen LogP contribution in [-0.2, 0) is 4.79 Å². The number of H-pyrrole nitrogens is 1. The summed E-state index contributed by atoms with van der Waals surface area (Å²) in [5, 5.41) is 15.0. The number of hydrogen-bond acceptors (Lipinski definition) is 4. The maximum Gasteiger partial charge on any atom is 0.220 e. The van der Waals surface area contributed by atoms with Crippen molar-refractivity contribution in [2.75, 3.05) is 0 Å². The van der Waals surface area contributed by atoms with Gasteiger partial charge < -0.3 is 15.4 Å². The summed E-state index contributed by atoms with van der Waals surface area (Å²) >= 11 is 0. The largest absolute Gasteiger partial charge is 0.505 e. The van der Waals surface area contributed by atoms with Crippen molar-refractivity contribution in [3.63, 3.8) is 0 Å². The van der Waals surface area contributed by atoms with E-state index in [1.165, 1.54) is 0 Å². The van der Waals surface area contributed by atoms with Crippen molar-refractivity contribution in [1.82, 2.24) is 20.3 Å². The predicted octanol–water partition coefficient (Wildman–Crippen LogP) is 4.13. The lowest BCUT2D eigenvalue weighted by atomic mass is 9.93. The zero-order chi connectivity index (χ0) is 19.7. The summed E-state index contributed by atoms with van der Waals surface area (Å²) in [4.78, 5) is 24.2. The van der Waals surface area contributed by atoms with Crippen LogP contribution in [-0.4, -0.2) is 26.0 Å². The van der Waals surface area contributed by atoms with Crippen molar-refractivity contribution >= 4 is 27.8 Å². The third-order valence-corrected chi connectivity index (χ3v) is 4.97. The van der Waals surface area contributed by atoms with E-state index in [1.807, 2.05) is 50.2 Å². The highest BCUT2D eigenvalue weighted by molar-refractivity contribution is 5.89. The molecule has 6 heteroatoms. The Morgan fingerprint density at radius 2 is 2.11 bits per heavy atom. The molecule has 0 fully saturated rings. The molecule has 0 aliphatic rings. The molecule has 0 bridgehead atoms. The molecule has 1 atom stereocenters. The van der Waals surface area contributed by atoms with E-state index in [1.54, 1.807) is 12.5 Å². The fourth-order valence-electron chi connectivity index (χ4n) is 3.58. The van der Waals surface area contributed by atoms with Crippen molar-refractivity contribution in [2.45, 2.75) is 32.7 Å². The molecular weight excluding hydrogens is 352 g/mol. The molecule has 4 aromatic rings. The van der Waals surface area contributed by atoms with E-state index < -0.39 is 6.04 Å². The Hall–Kier alpha value is -3.41. The molecule has 142 valence electrons. The molecule has 3 N–H and O–H groups in total. The molecule has 1 amide bonds. The van der Waals surface area contributed by atoms with Crippen LogP contribution in [0.25, 0.3) is 21.9 Å². The molecule has 0 spiro atoms. The molecule has 1 unspecified atom stereocenters. The number of aryl methyl sites for hydroxylation is 1. The zero-order valence-electron chi connectivity index (χ0n) is 15.9. The minimum Gasteiger partial charge on any atom is -0.505 e. The van der Waals surface area contributed by atoms with E-state index in [4.69, 9.17) is 0 Å². The van der Waals surface area contributed by atoms with Gasteiger partial charge >= 0.3 is 0 Å². The van der Waals surface area contributed by atoms with E-state index in [0.29, 0.717) is 17.5 Å². The van der Waals surface area contributed by atoms with E-state index >= 15 is 0 Å². The predicted molar refractivity (Wildman–Crippen MR) is 109 cm³/mol. The number of amides is 1. The third-order valence-electron chi connectivity index (χ3n) is 4.97. The number of fused-ring (bicyclic) bond motifs is 2. The van der Waals surface area contributed by atoms with Gasteiger partial charge in [0.05, 0.1) is 23.4 Å². The molecule has 0 radical (unpaired) electrons. The second kappa shape index (κ2) is 7.31. The first-order valence-electron chi connectivity index (χ1n) is 9.38. The molecule has 0 aliphatic carbocycles. The van der Waals surface area contributed by atoms with Gasteiger partial charge in [0.2, 0.25) is 5.91 Å². The van der Waals surface area contributed by atoms with Gasteiger partial charge in [-0.25, -0.2) is 4.98 Å². The number of hydrogen-bond donors (Lipinski definition) is 3. The van der Waals surface area contributed by atoms with Crippen LogP contribution in [0, 0.1) is 6.92 Å². The molecule has 0 aliphatic heterocycles. The van der Waals surface area contributed by atoms with Crippen molar-refractivity contribution in [2.24, 2.45) is 0 Å². The van der Waals surface area contributed by atoms with Gasteiger partial charge in [-0.2, -0.15) is 0 Å². The summed E-state index contributed by atoms with van der Waals surface area (Å²) in [6.45, 7) is 3.95. The monoisotopic (exact) mass is 374 g/mol. The number of nitrogens with zero attached hydrogens (tertiary/aromatic N) is 2. The van der Waals surface area contributed by atoms with Crippen LogP contribution >= 0.6 is 0 Å². The Balaban J connectivity index is 1.88. The summed E-state index contributed by atoms with van der Waals surface area (Å²) in [6.07, 6.45) is 4.47. The first kappa shape index (κ1) is 18.0. The minimum absolute atomic E-state index is 0.0622. The Kier molecular flexibility index (Phi) is 4.69. The Morgan fingerprint density at radius 3 is 2.93 bits per heavy atom. The van der Waals surface area contributed by atoms with E-state index in [9.17, 15) is 9.90 Å². The highest BCUT2D eigenvalue weighted by Crippen LogP contribution is 2.36. The lowest BCUT2D eigenvalue weighted by Gasteiger charge is -2.22. The maximum absolute atomic E-state index is 12.4. The molecule has 28 heavy (non-hydrogen) atoms. The topological polar surface area (TPSA) is 90.9 Å². The molecule has 2 heterocycles. The second-order valence-electron chi connectivity index (χ2n) is 6.96. The van der Waals surface area contributed by atoms with Crippen LogP contribution in [0.3, 0.4) is 0 Å². The number of rotatable bonds is 5. The number of imidazole rings is 1. The molecule has 0 saturated heterocycles. The minimum atomic E-state index is -0.495. The highest BCUT2D eigenvalue weighted by Gasteiger charge is 2.23. The SMILES string of the molecule is CCCC(=O)NC(c1ccc2[nH]cnc2c1)c1cc(C)c2cccnc2c1O. The van der Waals surface area contributed by atoms with Gasteiger partial charge in [-0.05, 0) is 48.7 Å². The van der Waals surface area contributed by atoms with E-state index in [-0.39, 0.29) is 11.7 Å². The molecule has 4 rings (SSSR count).